The van der Waals surface area contributed by atoms with Crippen LogP contribution in [0.4, 0.5) is 37.1 Å². The number of aliphatic hydroxyl groups is 4. The van der Waals surface area contributed by atoms with Crippen LogP contribution < -0.4 is 48.7 Å². The summed E-state index contributed by atoms with van der Waals surface area (Å²) < 4.78 is 113. The summed E-state index contributed by atoms with van der Waals surface area (Å²) in [4.78, 5) is 147. The highest BCUT2D eigenvalue weighted by Gasteiger charge is 2.42. The zero-order chi connectivity index (χ0) is 111. The Labute approximate surface area is 862 Å². The molecule has 0 spiro atoms. The minimum atomic E-state index is -5.03. The van der Waals surface area contributed by atoms with Gasteiger partial charge in [-0.05, 0) is 43.2 Å². The number of amidine groups is 2. The van der Waals surface area contributed by atoms with Gasteiger partial charge in [0.2, 0.25) is 52.7 Å². The van der Waals surface area contributed by atoms with Crippen molar-refractivity contribution in [3.8, 4) is 34.2 Å². The number of aromatic nitrogens is 6. The van der Waals surface area contributed by atoms with E-state index >= 15 is 0 Å². The SMILES string of the molecule is CC[C@H](NC(=O)C(F)(F)F)C(O)c1nc(-c2ccccc2)no1.CC[C@H](NC(=O)[C@H](CS(=O)(=O)Cc1ccccc1)NC(=O)N1CCOCC1)C(=O)c1nc(-c2ccccc2)no1.N/C(=N\O)c1ccccc1.O=C(O)[C@H](CS(=O)(=O)Cc1ccccc1)NC(=O)N1CCOCC1.[B]C(=O)N[C@@H](CC)C(O)C(=O)O.[B]C(=O)N[C@@H](CC)C(O)C(=O)O/N=C(\N)c1ccccc1.[B]C(=O)N[C@@H](CC)C(O)c1nc(-c2ccccc2)no1. The van der Waals surface area contributed by atoms with Crippen LogP contribution in [-0.4, -0.2) is 318 Å². The molecular weight excluding hydrogens is 2010 g/mol. The van der Waals surface area contributed by atoms with Crippen LogP contribution in [-0.2, 0) is 69.5 Å². The maximum Gasteiger partial charge on any atom is 0.471 e. The van der Waals surface area contributed by atoms with E-state index < -0.39 is 169 Å². The van der Waals surface area contributed by atoms with Crippen molar-refractivity contribution in [1.82, 2.24) is 77.4 Å². The Hall–Kier alpha value is -15.7. The van der Waals surface area contributed by atoms with Gasteiger partial charge in [-0.3, -0.25) is 28.8 Å². The molecule has 3 aromatic heterocycles. The number of aliphatic hydroxyl groups excluding tert-OH is 4. The average Bonchev–Trinajstić information content (AvgIpc) is 1.64. The predicted molar refractivity (Wildman–Crippen MR) is 536 cm³/mol. The molecule has 2 saturated heterocycles. The zero-order valence-corrected chi connectivity index (χ0v) is 83.2. The molecular formula is C95H113B3F3N19O28S2. The highest BCUT2D eigenvalue weighted by Crippen LogP contribution is 2.26. The number of nitrogens with two attached hydrogens (primary N) is 2. The Morgan fingerprint density at radius 2 is 0.773 bits per heavy atom. The van der Waals surface area contributed by atoms with E-state index in [4.69, 9.17) is 73.5 Å². The molecule has 2 aliphatic rings. The average molecular weight is 2120 g/mol. The van der Waals surface area contributed by atoms with Crippen molar-refractivity contribution in [3.63, 3.8) is 0 Å². The molecule has 11 atom stereocenters. The van der Waals surface area contributed by atoms with Crippen LogP contribution >= 0.6 is 0 Å². The second-order valence-electron chi connectivity index (χ2n) is 32.2. The van der Waals surface area contributed by atoms with Crippen molar-refractivity contribution in [2.75, 3.05) is 64.1 Å². The number of carboxylic acid groups (broad SMARTS) is 2. The Bertz CT molecular complexity index is 6230. The maximum atomic E-state index is 13.4. The first-order chi connectivity index (χ1) is 71.3. The van der Waals surface area contributed by atoms with E-state index in [2.05, 4.69) is 77.5 Å². The maximum absolute atomic E-state index is 13.4. The first-order valence-corrected chi connectivity index (χ1v) is 49.6. The summed E-state index contributed by atoms with van der Waals surface area (Å²) in [6, 6.07) is 53.0. The number of alkyl halides is 3. The molecule has 55 heteroatoms. The third kappa shape index (κ3) is 43.0. The van der Waals surface area contributed by atoms with Crippen LogP contribution in [0.1, 0.15) is 124 Å². The second-order valence-corrected chi connectivity index (χ2v) is 36.4. The fourth-order valence-corrected chi connectivity index (χ4v) is 16.3. The Morgan fingerprint density at radius 1 is 0.433 bits per heavy atom. The van der Waals surface area contributed by atoms with Gasteiger partial charge in [-0.2, -0.15) is 28.1 Å². The number of aliphatic carboxylic acids is 2. The summed E-state index contributed by atoms with van der Waals surface area (Å²) >= 11 is 0. The summed E-state index contributed by atoms with van der Waals surface area (Å²) in [5, 5.41) is 98.3. The number of urea groups is 2. The molecule has 7 aromatic carbocycles. The van der Waals surface area contributed by atoms with Gasteiger partial charge < -0.3 is 122 Å². The van der Waals surface area contributed by atoms with Crippen molar-refractivity contribution < 1.29 is 146 Å². The van der Waals surface area contributed by atoms with E-state index in [9.17, 15) is 103 Å². The minimum Gasteiger partial charge on any atom is -0.480 e. The molecule has 150 heavy (non-hydrogen) atoms. The van der Waals surface area contributed by atoms with Gasteiger partial charge >= 0.3 is 42.1 Å². The number of nitrogens with one attached hydrogen (secondary N) is 7. The van der Waals surface area contributed by atoms with Gasteiger partial charge in [0.1, 0.15) is 12.1 Å². The van der Waals surface area contributed by atoms with E-state index in [1.165, 1.54) is 16.7 Å². The Kier molecular flexibility index (Phi) is 51.7. The first-order valence-electron chi connectivity index (χ1n) is 46.0. The van der Waals surface area contributed by atoms with Crippen molar-refractivity contribution >= 4 is 120 Å². The van der Waals surface area contributed by atoms with Crippen LogP contribution in [0.25, 0.3) is 34.2 Å². The molecule has 2 fully saturated rings. The number of sulfone groups is 2. The molecule has 47 nitrogen and oxygen atoms in total. The van der Waals surface area contributed by atoms with Gasteiger partial charge in [0.05, 0.1) is 79.6 Å². The Morgan fingerprint density at radius 3 is 1.13 bits per heavy atom. The zero-order valence-electron chi connectivity index (χ0n) is 81.6. The van der Waals surface area contributed by atoms with Crippen molar-refractivity contribution in [2.24, 2.45) is 21.8 Å². The third-order valence-corrected chi connectivity index (χ3v) is 24.3. The van der Waals surface area contributed by atoms with Crippen LogP contribution in [0.2, 0.25) is 0 Å². The molecule has 6 radical (unpaired) electrons. The van der Waals surface area contributed by atoms with Gasteiger partial charge in [0.15, 0.2) is 73.2 Å². The number of amides is 9. The monoisotopic (exact) mass is 2120 g/mol. The highest BCUT2D eigenvalue weighted by atomic mass is 32.2. The second kappa shape index (κ2) is 63.1. The number of ketones is 1. The molecule has 18 N–H and O–H groups in total. The molecule has 0 saturated carbocycles. The number of halogens is 3. The summed E-state index contributed by atoms with van der Waals surface area (Å²) in [5.74, 6) is -11.3. The lowest BCUT2D eigenvalue weighted by Gasteiger charge is -2.29. The minimum absolute atomic E-state index is 0.00735. The number of ether oxygens (including phenoxy) is 2. The molecule has 9 amide bonds. The summed E-state index contributed by atoms with van der Waals surface area (Å²) in [6.45, 7) is 11.0. The van der Waals surface area contributed by atoms with Gasteiger partial charge in [-0.1, -0.05) is 273 Å². The molecule has 12 rings (SSSR count). The highest BCUT2D eigenvalue weighted by molar-refractivity contribution is 7.91. The van der Waals surface area contributed by atoms with Gasteiger partial charge in [-0.25, -0.2) is 40.8 Å². The van der Waals surface area contributed by atoms with Crippen molar-refractivity contribution in [2.45, 2.75) is 151 Å². The van der Waals surface area contributed by atoms with Crippen LogP contribution in [0.15, 0.2) is 236 Å². The standard InChI is InChI=1S/C27H31N5O7S.C15H20N2O6S.C14H14F3N3O3.C13H16BN3O4.C13H14BN3O3.C7H8N2O.C6H10BNO4/c1-2-21(23(33)26-30-24(31-39-26)20-11-7-4-8-12-20)28-25(34)22(29-27(35)32-13-15-38-16-14-32)18-40(36,37)17-19-9-5-3-6-10-19;18-14(19)13(16-15(20)17-6-8-23-9-7-17)11-24(21,22)10-12-4-2-1-3-5-12;1-2-9(18-13(22)14(15,16)17)10(21)12-19-11(20-23-12)8-6-4-3-5-7-8;1-2-9(16-13(14)20)10(18)12(19)21-17-11(15)8-6-4-3-5-7-8;1-2-9(15-13(14)19)10(18)12-16-11(17-20-12)8-6-4-3-5-7-8;8-7(9-10)6-4-2-1-3-5-6;1-2-3(8-6(7)12)4(9)5(10)11/h3-12,21-22H,2,13-18H2,1H3,(H,28,34)(H,29,35);1-5,13H,6-11H2,(H,16,20)(H,18,19);3-7,9-10,21H,2H2,1H3,(H,18,22);3-7,9-10,18H,2H2,1H3,(H2,15,17)(H,16,20);3-7,9-10,18H,2H2,1H3,(H,15,19);1-5,10H,(H2,8,9);3-4,9H,2H2,1H3,(H,8,12)(H,10,11)/t21-,22-;13-;3*9-,10?;;3-,4?/m00000.0/s1. The number of rotatable bonds is 38. The smallest absolute Gasteiger partial charge is 0.471 e. The molecule has 2 aliphatic heterocycles. The summed E-state index contributed by atoms with van der Waals surface area (Å²) in [7, 11) is 7.21. The number of hydrogen-bond donors (Lipinski definition) is 16. The lowest BCUT2D eigenvalue weighted by molar-refractivity contribution is -0.175. The number of carboxylic acids is 2. The number of Topliss-reactive ketones (excluding diaryl/α,β-unsaturated/α-hetero) is 1. The molecule has 0 aliphatic carbocycles. The van der Waals surface area contributed by atoms with Gasteiger partial charge in [0, 0.05) is 54.0 Å². The topological polar surface area (TPSA) is 710 Å². The number of carbonyl (C=O) groups excluding carboxylic acids is 9. The van der Waals surface area contributed by atoms with Crippen LogP contribution in [0.3, 0.4) is 0 Å². The van der Waals surface area contributed by atoms with Crippen LogP contribution in [0.5, 0.6) is 0 Å². The molecule has 0 bridgehead atoms. The lowest BCUT2D eigenvalue weighted by atomic mass is 10.0. The van der Waals surface area contributed by atoms with Crippen LogP contribution in [0, 0.1) is 0 Å². The first kappa shape index (κ1) is 123. The lowest BCUT2D eigenvalue weighted by Crippen LogP contribution is -2.57. The molecule has 4 unspecified atom stereocenters. The summed E-state index contributed by atoms with van der Waals surface area (Å²) in [6.07, 6.45) is -9.59. The predicted octanol–water partition coefficient (Wildman–Crippen LogP) is 5.33. The van der Waals surface area contributed by atoms with Crippen molar-refractivity contribution in [1.29, 1.82) is 0 Å². The fraction of sp³-hybridized carbons (Fsp3) is 0.358. The van der Waals surface area contributed by atoms with Gasteiger partial charge in [-0.15, -0.1) is 0 Å². The molecule has 5 heterocycles. The fourth-order valence-electron chi connectivity index (χ4n) is 13.1. The van der Waals surface area contributed by atoms with Gasteiger partial charge in [0.25, 0.3) is 17.7 Å². The molecule has 10 aromatic rings. The number of carbonyl (C=O) groups is 11. The molecule has 798 valence electrons. The number of oxime groups is 2. The van der Waals surface area contributed by atoms with E-state index in [1.807, 2.05) is 54.6 Å². The quantitative estimate of drug-likeness (QED) is 0.00442. The Balaban J connectivity index is 0.000000278. The van der Waals surface area contributed by atoms with E-state index in [-0.39, 0.29) is 71.8 Å². The summed E-state index contributed by atoms with van der Waals surface area (Å²) in [5.41, 5.74) is 15.4. The van der Waals surface area contributed by atoms with Crippen molar-refractivity contribution in [3.05, 3.63) is 252 Å². The number of hydrogen-bond acceptors (Lipinski definition) is 34. The normalized spacial score (nSPS) is 14.6. The number of morpholine rings is 2. The third-order valence-electron chi connectivity index (χ3n) is 21.1. The van der Waals surface area contributed by atoms with E-state index in [1.54, 1.807) is 191 Å². The van der Waals surface area contributed by atoms with E-state index in [0.717, 1.165) is 11.1 Å². The number of benzene rings is 7. The van der Waals surface area contributed by atoms with E-state index in [0.29, 0.717) is 99.1 Å². The number of nitrogens with zero attached hydrogens (tertiary/aromatic N) is 10. The largest absolute Gasteiger partial charge is 0.480 e.